The van der Waals surface area contributed by atoms with Crippen molar-refractivity contribution in [1.82, 2.24) is 9.99 Å². The zero-order chi connectivity index (χ0) is 21.0. The van der Waals surface area contributed by atoms with Crippen LogP contribution in [-0.4, -0.2) is 23.2 Å². The van der Waals surface area contributed by atoms with Gasteiger partial charge in [0.25, 0.3) is 5.91 Å². The molecular formula is C23H25BrN4O. The van der Waals surface area contributed by atoms with Crippen LogP contribution in [-0.2, 0) is 4.79 Å². The fourth-order valence-corrected chi connectivity index (χ4v) is 3.42. The lowest BCUT2D eigenvalue weighted by molar-refractivity contribution is -0.119. The Morgan fingerprint density at radius 1 is 1.03 bits per heavy atom. The summed E-state index contributed by atoms with van der Waals surface area (Å²) in [5.41, 5.74) is 10.1. The molecule has 0 radical (unpaired) electrons. The van der Waals surface area contributed by atoms with Crippen molar-refractivity contribution in [2.45, 2.75) is 27.7 Å². The highest BCUT2D eigenvalue weighted by atomic mass is 79.9. The number of hydrazone groups is 1. The Labute approximate surface area is 180 Å². The lowest BCUT2D eigenvalue weighted by Crippen LogP contribution is -2.25. The molecule has 150 valence electrons. The Hall–Kier alpha value is -2.86. The quantitative estimate of drug-likeness (QED) is 0.406. The van der Waals surface area contributed by atoms with Crippen molar-refractivity contribution in [3.8, 4) is 5.69 Å². The number of aromatic nitrogens is 1. The van der Waals surface area contributed by atoms with Gasteiger partial charge in [0.05, 0.1) is 12.8 Å². The molecule has 0 spiro atoms. The van der Waals surface area contributed by atoms with E-state index >= 15 is 0 Å². The van der Waals surface area contributed by atoms with Crippen molar-refractivity contribution >= 4 is 33.7 Å². The molecule has 29 heavy (non-hydrogen) atoms. The first-order valence-electron chi connectivity index (χ1n) is 9.43. The third-order valence-corrected chi connectivity index (χ3v) is 5.44. The molecule has 0 fully saturated rings. The van der Waals surface area contributed by atoms with Crippen LogP contribution in [0.25, 0.3) is 5.69 Å². The number of aryl methyl sites for hydroxylation is 3. The second-order valence-corrected chi connectivity index (χ2v) is 8.00. The number of hydrogen-bond donors (Lipinski definition) is 2. The van der Waals surface area contributed by atoms with E-state index in [1.165, 1.54) is 11.1 Å². The van der Waals surface area contributed by atoms with Crippen LogP contribution in [0.4, 0.5) is 5.69 Å². The molecule has 0 aliphatic rings. The highest BCUT2D eigenvalue weighted by molar-refractivity contribution is 9.10. The summed E-state index contributed by atoms with van der Waals surface area (Å²) >= 11 is 3.47. The number of carbonyl (C=O) groups excluding carboxylic acids is 1. The minimum atomic E-state index is -0.193. The summed E-state index contributed by atoms with van der Waals surface area (Å²) in [7, 11) is 0. The maximum Gasteiger partial charge on any atom is 0.259 e. The minimum Gasteiger partial charge on any atom is -0.376 e. The Bertz CT molecular complexity index is 1050. The van der Waals surface area contributed by atoms with Crippen LogP contribution in [0.3, 0.4) is 0 Å². The average Bonchev–Trinajstić information content (AvgIpc) is 2.97. The van der Waals surface area contributed by atoms with Crippen molar-refractivity contribution in [2.75, 3.05) is 11.9 Å². The van der Waals surface area contributed by atoms with E-state index in [4.69, 9.17) is 0 Å². The van der Waals surface area contributed by atoms with Crippen molar-refractivity contribution in [2.24, 2.45) is 5.10 Å². The Morgan fingerprint density at radius 3 is 2.45 bits per heavy atom. The molecule has 6 heteroatoms. The fourth-order valence-electron chi connectivity index (χ4n) is 3.15. The molecule has 0 aliphatic carbocycles. The van der Waals surface area contributed by atoms with Crippen molar-refractivity contribution < 1.29 is 4.79 Å². The van der Waals surface area contributed by atoms with Crippen LogP contribution >= 0.6 is 15.9 Å². The minimum absolute atomic E-state index is 0.164. The van der Waals surface area contributed by atoms with Gasteiger partial charge < -0.3 is 9.88 Å². The normalized spacial score (nSPS) is 11.1. The molecular weight excluding hydrogens is 428 g/mol. The van der Waals surface area contributed by atoms with Gasteiger partial charge in [0.2, 0.25) is 0 Å². The van der Waals surface area contributed by atoms with Crippen LogP contribution < -0.4 is 10.7 Å². The van der Waals surface area contributed by atoms with Crippen LogP contribution in [0.5, 0.6) is 0 Å². The van der Waals surface area contributed by atoms with E-state index in [0.29, 0.717) is 0 Å². The number of halogens is 1. The number of amides is 1. The molecule has 3 rings (SSSR count). The van der Waals surface area contributed by atoms with E-state index in [9.17, 15) is 4.79 Å². The van der Waals surface area contributed by atoms with Gasteiger partial charge in [-0.1, -0.05) is 22.0 Å². The Morgan fingerprint density at radius 2 is 1.76 bits per heavy atom. The molecule has 3 aromatic rings. The van der Waals surface area contributed by atoms with Gasteiger partial charge >= 0.3 is 0 Å². The van der Waals surface area contributed by atoms with Gasteiger partial charge in [-0.3, -0.25) is 4.79 Å². The van der Waals surface area contributed by atoms with Gasteiger partial charge in [-0.2, -0.15) is 5.10 Å². The van der Waals surface area contributed by atoms with E-state index in [2.05, 4.69) is 75.3 Å². The first kappa shape index (κ1) is 20.9. The summed E-state index contributed by atoms with van der Waals surface area (Å²) < 4.78 is 3.21. The average molecular weight is 453 g/mol. The maximum absolute atomic E-state index is 12.1. The molecule has 0 saturated carbocycles. The summed E-state index contributed by atoms with van der Waals surface area (Å²) in [5.74, 6) is -0.193. The van der Waals surface area contributed by atoms with Crippen LogP contribution in [0.2, 0.25) is 0 Å². The molecule has 2 N–H and O–H groups in total. The SMILES string of the molecule is Cc1ccc(NCC(=O)N/N=C\c2cc(C)n(-c3ccc(Br)cc3)c2C)cc1C. The van der Waals surface area contributed by atoms with E-state index < -0.39 is 0 Å². The fraction of sp³-hybridized carbons (Fsp3) is 0.217. The molecule has 0 aliphatic heterocycles. The van der Waals surface area contributed by atoms with Crippen LogP contribution in [0.1, 0.15) is 28.1 Å². The summed E-state index contributed by atoms with van der Waals surface area (Å²) in [6, 6.07) is 16.2. The van der Waals surface area contributed by atoms with Gasteiger partial charge in [0, 0.05) is 32.8 Å². The third-order valence-electron chi connectivity index (χ3n) is 4.91. The number of carbonyl (C=O) groups is 1. The monoisotopic (exact) mass is 452 g/mol. The van der Waals surface area contributed by atoms with Gasteiger partial charge in [-0.15, -0.1) is 0 Å². The molecule has 1 aromatic heterocycles. The standard InChI is InChI=1S/C23H25BrN4O/c1-15-5-8-21(11-16(15)2)25-14-23(29)27-26-13-19-12-17(3)28(18(19)4)22-9-6-20(24)7-10-22/h5-13,25H,14H2,1-4H3,(H,27,29)/b26-13-. The predicted octanol–water partition coefficient (Wildman–Crippen LogP) is 5.04. The largest absolute Gasteiger partial charge is 0.376 e. The third kappa shape index (κ3) is 5.15. The van der Waals surface area contributed by atoms with E-state index in [1.54, 1.807) is 6.21 Å². The molecule has 1 amide bonds. The maximum atomic E-state index is 12.1. The Kier molecular flexibility index (Phi) is 6.54. The molecule has 0 saturated heterocycles. The van der Waals surface area contributed by atoms with Gasteiger partial charge in [-0.25, -0.2) is 5.43 Å². The smallest absolute Gasteiger partial charge is 0.259 e. The number of rotatable bonds is 6. The van der Waals surface area contributed by atoms with Crippen LogP contribution in [0.15, 0.2) is 58.1 Å². The first-order chi connectivity index (χ1) is 13.8. The first-order valence-corrected chi connectivity index (χ1v) is 10.2. The second-order valence-electron chi connectivity index (χ2n) is 7.08. The molecule has 2 aromatic carbocycles. The molecule has 1 heterocycles. The van der Waals surface area contributed by atoms with E-state index in [0.717, 1.165) is 32.8 Å². The molecule has 5 nitrogen and oxygen atoms in total. The van der Waals surface area contributed by atoms with Gasteiger partial charge in [0.1, 0.15) is 0 Å². The molecule has 0 bridgehead atoms. The van der Waals surface area contributed by atoms with Crippen molar-refractivity contribution in [3.63, 3.8) is 0 Å². The van der Waals surface area contributed by atoms with Gasteiger partial charge in [-0.05, 0) is 81.3 Å². The number of nitrogens with one attached hydrogen (secondary N) is 2. The number of anilines is 1. The number of nitrogens with zero attached hydrogens (tertiary/aromatic N) is 2. The topological polar surface area (TPSA) is 58.4 Å². The van der Waals surface area contributed by atoms with E-state index in [-0.39, 0.29) is 12.5 Å². The lowest BCUT2D eigenvalue weighted by Gasteiger charge is -2.09. The Balaban J connectivity index is 1.61. The number of benzene rings is 2. The second kappa shape index (κ2) is 9.09. The zero-order valence-corrected chi connectivity index (χ0v) is 18.7. The van der Waals surface area contributed by atoms with Crippen molar-refractivity contribution in [3.05, 3.63) is 81.1 Å². The molecule has 0 unspecified atom stereocenters. The summed E-state index contributed by atoms with van der Waals surface area (Å²) in [4.78, 5) is 12.1. The predicted molar refractivity (Wildman–Crippen MR) is 123 cm³/mol. The highest BCUT2D eigenvalue weighted by Gasteiger charge is 2.09. The summed E-state index contributed by atoms with van der Waals surface area (Å²) in [6.45, 7) is 8.37. The summed E-state index contributed by atoms with van der Waals surface area (Å²) in [5, 5.41) is 7.24. The lowest BCUT2D eigenvalue weighted by atomic mass is 10.1. The zero-order valence-electron chi connectivity index (χ0n) is 17.1. The van der Waals surface area contributed by atoms with E-state index in [1.807, 2.05) is 37.3 Å². The molecule has 0 atom stereocenters. The van der Waals surface area contributed by atoms with Crippen LogP contribution in [0, 0.1) is 27.7 Å². The van der Waals surface area contributed by atoms with Crippen molar-refractivity contribution in [1.29, 1.82) is 0 Å². The highest BCUT2D eigenvalue weighted by Crippen LogP contribution is 2.21. The van der Waals surface area contributed by atoms with Gasteiger partial charge in [0.15, 0.2) is 0 Å². The summed E-state index contributed by atoms with van der Waals surface area (Å²) in [6.07, 6.45) is 1.69. The number of hydrogen-bond acceptors (Lipinski definition) is 3.